The highest BCUT2D eigenvalue weighted by atomic mass is 19.1. The van der Waals surface area contributed by atoms with Crippen molar-refractivity contribution in [2.75, 3.05) is 26.2 Å². The quantitative estimate of drug-likeness (QED) is 0.319. The SMILES string of the molecule is CCc1cccc(-c2c(F)cccc2C(O)(CCCNC(=O)O)C2CCCN(C(=O)[C@@H]3C[C@@H](O)CN3)C2)c1. The van der Waals surface area contributed by atoms with Gasteiger partial charge in [-0.25, -0.2) is 9.18 Å². The zero-order valence-electron chi connectivity index (χ0n) is 21.8. The molecule has 2 fully saturated rings. The molecule has 9 heteroatoms. The third-order valence-electron chi connectivity index (χ3n) is 7.93. The number of aliphatic hydroxyl groups excluding tert-OH is 1. The Morgan fingerprint density at radius 3 is 2.74 bits per heavy atom. The lowest BCUT2D eigenvalue weighted by molar-refractivity contribution is -0.138. The van der Waals surface area contributed by atoms with Gasteiger partial charge in [0.05, 0.1) is 17.7 Å². The third kappa shape index (κ3) is 6.17. The fourth-order valence-electron chi connectivity index (χ4n) is 5.93. The Balaban J connectivity index is 1.70. The Morgan fingerprint density at radius 2 is 2.03 bits per heavy atom. The lowest BCUT2D eigenvalue weighted by Gasteiger charge is -2.44. The van der Waals surface area contributed by atoms with Gasteiger partial charge >= 0.3 is 6.09 Å². The highest BCUT2D eigenvalue weighted by molar-refractivity contribution is 5.82. The molecule has 2 heterocycles. The molecule has 2 aliphatic heterocycles. The van der Waals surface area contributed by atoms with E-state index in [-0.39, 0.29) is 24.8 Å². The van der Waals surface area contributed by atoms with Gasteiger partial charge < -0.3 is 30.9 Å². The van der Waals surface area contributed by atoms with Gasteiger partial charge in [0.15, 0.2) is 0 Å². The number of halogens is 1. The first-order valence-corrected chi connectivity index (χ1v) is 13.5. The largest absolute Gasteiger partial charge is 0.465 e. The molecule has 8 nitrogen and oxygen atoms in total. The van der Waals surface area contributed by atoms with E-state index in [0.717, 1.165) is 12.0 Å². The van der Waals surface area contributed by atoms with Crippen molar-refractivity contribution in [1.82, 2.24) is 15.5 Å². The lowest BCUT2D eigenvalue weighted by atomic mass is 9.72. The number of carbonyl (C=O) groups is 2. The Labute approximate surface area is 222 Å². The summed E-state index contributed by atoms with van der Waals surface area (Å²) in [5, 5.41) is 36.8. The molecule has 0 aliphatic carbocycles. The molecular formula is C29H38FN3O5. The van der Waals surface area contributed by atoms with Crippen molar-refractivity contribution < 1.29 is 29.3 Å². The number of hydrogen-bond donors (Lipinski definition) is 5. The molecule has 2 aliphatic rings. The van der Waals surface area contributed by atoms with Gasteiger partial charge in [0.25, 0.3) is 0 Å². The van der Waals surface area contributed by atoms with Crippen LogP contribution in [0, 0.1) is 11.7 Å². The second-order valence-electron chi connectivity index (χ2n) is 10.4. The number of hydrogen-bond acceptors (Lipinski definition) is 5. The number of nitrogens with one attached hydrogen (secondary N) is 2. The van der Waals surface area contributed by atoms with E-state index >= 15 is 4.39 Å². The number of carbonyl (C=O) groups excluding carboxylic acids is 1. The molecule has 38 heavy (non-hydrogen) atoms. The van der Waals surface area contributed by atoms with E-state index < -0.39 is 29.7 Å². The fraction of sp³-hybridized carbons (Fsp3) is 0.517. The molecular weight excluding hydrogens is 489 g/mol. The van der Waals surface area contributed by atoms with E-state index in [1.54, 1.807) is 17.0 Å². The van der Waals surface area contributed by atoms with Crippen LogP contribution >= 0.6 is 0 Å². The molecule has 0 saturated carbocycles. The molecule has 2 amide bonds. The van der Waals surface area contributed by atoms with Gasteiger partial charge in [-0.3, -0.25) is 4.79 Å². The van der Waals surface area contributed by atoms with Crippen LogP contribution in [0.4, 0.5) is 9.18 Å². The van der Waals surface area contributed by atoms with Gasteiger partial charge in [0.1, 0.15) is 5.82 Å². The average Bonchev–Trinajstić information content (AvgIpc) is 3.36. The summed E-state index contributed by atoms with van der Waals surface area (Å²) in [5.41, 5.74) is 1.01. The summed E-state index contributed by atoms with van der Waals surface area (Å²) in [5.74, 6) is -0.923. The second kappa shape index (κ2) is 12.2. The predicted molar refractivity (Wildman–Crippen MR) is 142 cm³/mol. The Morgan fingerprint density at radius 1 is 1.24 bits per heavy atom. The number of piperidine rings is 1. The highest BCUT2D eigenvalue weighted by Gasteiger charge is 2.44. The van der Waals surface area contributed by atoms with E-state index in [9.17, 15) is 19.8 Å². The van der Waals surface area contributed by atoms with Gasteiger partial charge in [0.2, 0.25) is 5.91 Å². The first kappa shape index (κ1) is 28.0. The first-order valence-electron chi connectivity index (χ1n) is 13.5. The molecule has 2 aromatic rings. The van der Waals surface area contributed by atoms with Gasteiger partial charge in [-0.15, -0.1) is 0 Å². The molecule has 2 unspecified atom stereocenters. The summed E-state index contributed by atoms with van der Waals surface area (Å²) in [4.78, 5) is 26.0. The molecule has 4 rings (SSSR count). The van der Waals surface area contributed by atoms with E-state index in [2.05, 4.69) is 10.6 Å². The number of aliphatic hydroxyl groups is 2. The molecule has 5 N–H and O–H groups in total. The lowest BCUT2D eigenvalue weighted by Crippen LogP contribution is -2.52. The van der Waals surface area contributed by atoms with Crippen molar-refractivity contribution in [2.24, 2.45) is 5.92 Å². The average molecular weight is 528 g/mol. The number of likely N-dealkylation sites (tertiary alicyclic amines) is 1. The summed E-state index contributed by atoms with van der Waals surface area (Å²) in [6.07, 6.45) is 1.29. The van der Waals surface area contributed by atoms with Crippen LogP contribution in [0.3, 0.4) is 0 Å². The molecule has 4 atom stereocenters. The number of benzene rings is 2. The number of aryl methyl sites for hydroxylation is 1. The van der Waals surface area contributed by atoms with Crippen molar-refractivity contribution in [1.29, 1.82) is 0 Å². The highest BCUT2D eigenvalue weighted by Crippen LogP contribution is 2.44. The van der Waals surface area contributed by atoms with Crippen molar-refractivity contribution in [3.8, 4) is 11.1 Å². The minimum atomic E-state index is -1.50. The predicted octanol–water partition coefficient (Wildman–Crippen LogP) is 3.25. The summed E-state index contributed by atoms with van der Waals surface area (Å²) < 4.78 is 15.5. The summed E-state index contributed by atoms with van der Waals surface area (Å²) in [6.45, 7) is 3.39. The number of carboxylic acid groups (broad SMARTS) is 1. The van der Waals surface area contributed by atoms with Gasteiger partial charge in [-0.05, 0) is 61.3 Å². The molecule has 2 aromatic carbocycles. The number of rotatable bonds is 9. The normalized spacial score (nSPS) is 23.2. The van der Waals surface area contributed by atoms with Crippen LogP contribution in [0.5, 0.6) is 0 Å². The molecule has 0 aromatic heterocycles. The first-order chi connectivity index (χ1) is 18.2. The van der Waals surface area contributed by atoms with Crippen molar-refractivity contribution in [2.45, 2.75) is 63.2 Å². The second-order valence-corrected chi connectivity index (χ2v) is 10.4. The Kier molecular flexibility index (Phi) is 9.02. The van der Waals surface area contributed by atoms with Crippen LogP contribution in [0.25, 0.3) is 11.1 Å². The summed E-state index contributed by atoms with van der Waals surface area (Å²) >= 11 is 0. The minimum absolute atomic E-state index is 0.101. The number of nitrogens with zero attached hydrogens (tertiary/aromatic N) is 1. The van der Waals surface area contributed by atoms with E-state index in [1.165, 1.54) is 6.07 Å². The summed E-state index contributed by atoms with van der Waals surface area (Å²) in [6, 6.07) is 11.9. The standard InChI is InChI=1S/C29H38FN3O5/c1-2-19-7-3-8-20(15-19)26-23(10-4-11-24(26)30)29(38,12-6-13-31-28(36)37)21-9-5-14-33(18-21)27(35)25-16-22(34)17-32-25/h3-4,7-8,10-11,15,21-22,25,31-32,34,38H,2,5-6,9,12-14,16-18H2,1H3,(H,36,37)/t21?,22-,25+,29?/m1/s1. The zero-order chi connectivity index (χ0) is 27.3. The maximum absolute atomic E-state index is 15.5. The number of β-amino-alcohol motifs (C(OH)–C–C–N with tert-alkyl or cyclic N) is 1. The summed E-state index contributed by atoms with van der Waals surface area (Å²) in [7, 11) is 0. The Bertz CT molecular complexity index is 1140. The van der Waals surface area contributed by atoms with E-state index in [4.69, 9.17) is 5.11 Å². The van der Waals surface area contributed by atoms with Crippen LogP contribution in [-0.4, -0.2) is 70.5 Å². The topological polar surface area (TPSA) is 122 Å². The molecule has 2 saturated heterocycles. The fourth-order valence-corrected chi connectivity index (χ4v) is 5.93. The van der Waals surface area contributed by atoms with Crippen molar-refractivity contribution in [3.63, 3.8) is 0 Å². The molecule has 0 radical (unpaired) electrons. The maximum atomic E-state index is 15.5. The van der Waals surface area contributed by atoms with Crippen LogP contribution in [-0.2, 0) is 16.8 Å². The van der Waals surface area contributed by atoms with Gasteiger partial charge in [-0.2, -0.15) is 0 Å². The monoisotopic (exact) mass is 527 g/mol. The van der Waals surface area contributed by atoms with Crippen molar-refractivity contribution in [3.05, 3.63) is 59.4 Å². The molecule has 206 valence electrons. The van der Waals surface area contributed by atoms with Crippen LogP contribution in [0.2, 0.25) is 0 Å². The smallest absolute Gasteiger partial charge is 0.404 e. The van der Waals surface area contributed by atoms with Crippen LogP contribution in [0.1, 0.15) is 50.2 Å². The van der Waals surface area contributed by atoms with E-state index in [0.29, 0.717) is 62.0 Å². The van der Waals surface area contributed by atoms with Gasteiger partial charge in [-0.1, -0.05) is 43.3 Å². The minimum Gasteiger partial charge on any atom is -0.465 e. The van der Waals surface area contributed by atoms with Crippen molar-refractivity contribution >= 4 is 12.0 Å². The molecule has 0 bridgehead atoms. The van der Waals surface area contributed by atoms with Crippen LogP contribution < -0.4 is 10.6 Å². The zero-order valence-corrected chi connectivity index (χ0v) is 21.8. The van der Waals surface area contributed by atoms with Crippen LogP contribution in [0.15, 0.2) is 42.5 Å². The van der Waals surface area contributed by atoms with Gasteiger partial charge in [0, 0.05) is 37.7 Å². The third-order valence-corrected chi connectivity index (χ3v) is 7.93. The van der Waals surface area contributed by atoms with E-state index in [1.807, 2.05) is 31.2 Å². The molecule has 0 spiro atoms. The Hall–Kier alpha value is -3.01. The maximum Gasteiger partial charge on any atom is 0.404 e. The number of amides is 2.